The molecule has 1 saturated heterocycles. The van der Waals surface area contributed by atoms with Gasteiger partial charge in [0.15, 0.2) is 0 Å². The Morgan fingerprint density at radius 1 is 1.53 bits per heavy atom. The van der Waals surface area contributed by atoms with Gasteiger partial charge in [0.1, 0.15) is 4.21 Å². The van der Waals surface area contributed by atoms with Gasteiger partial charge in [-0.15, -0.1) is 23.7 Å². The number of sulfonamides is 1. The molecule has 0 amide bonds. The Hall–Kier alpha value is -0.140. The molecule has 0 aromatic carbocycles. The highest BCUT2D eigenvalue weighted by Crippen LogP contribution is 2.23. The average molecular weight is 269 g/mol. The fraction of sp³-hybridized carbons (Fsp3) is 0.500. The van der Waals surface area contributed by atoms with Crippen LogP contribution in [-0.2, 0) is 10.0 Å². The van der Waals surface area contributed by atoms with E-state index in [9.17, 15) is 8.42 Å². The largest absolute Gasteiger partial charge is 0.326 e. The molecule has 0 bridgehead atoms. The summed E-state index contributed by atoms with van der Waals surface area (Å²) >= 11 is 1.25. The van der Waals surface area contributed by atoms with Crippen LogP contribution in [0.4, 0.5) is 0 Å². The Morgan fingerprint density at radius 3 is 2.73 bits per heavy atom. The van der Waals surface area contributed by atoms with Gasteiger partial charge in [-0.2, -0.15) is 4.31 Å². The van der Waals surface area contributed by atoms with E-state index in [1.807, 2.05) is 0 Å². The van der Waals surface area contributed by atoms with Crippen molar-refractivity contribution in [2.24, 2.45) is 5.73 Å². The third-order valence-corrected chi connectivity index (χ3v) is 5.51. The highest BCUT2D eigenvalue weighted by molar-refractivity contribution is 7.91. The van der Waals surface area contributed by atoms with Gasteiger partial charge in [-0.05, 0) is 17.9 Å². The fourth-order valence-corrected chi connectivity index (χ4v) is 4.17. The molecule has 4 nitrogen and oxygen atoms in total. The van der Waals surface area contributed by atoms with Crippen LogP contribution in [0.15, 0.2) is 21.7 Å². The number of hydrogen-bond acceptors (Lipinski definition) is 4. The maximum atomic E-state index is 11.9. The van der Waals surface area contributed by atoms with E-state index in [1.165, 1.54) is 15.6 Å². The molecule has 1 aliphatic heterocycles. The molecule has 0 radical (unpaired) electrons. The Bertz CT molecular complexity index is 404. The number of rotatable bonds is 2. The lowest BCUT2D eigenvalue weighted by molar-refractivity contribution is 0.474. The summed E-state index contributed by atoms with van der Waals surface area (Å²) in [7, 11) is -3.26. The van der Waals surface area contributed by atoms with Crippen molar-refractivity contribution in [1.82, 2.24) is 4.31 Å². The van der Waals surface area contributed by atoms with Crippen molar-refractivity contribution in [1.29, 1.82) is 0 Å². The highest BCUT2D eigenvalue weighted by atomic mass is 35.5. The van der Waals surface area contributed by atoms with Gasteiger partial charge in [-0.1, -0.05) is 6.07 Å². The monoisotopic (exact) mass is 268 g/mol. The molecule has 0 spiro atoms. The first-order chi connectivity index (χ1) is 6.60. The molecule has 0 aliphatic carbocycles. The van der Waals surface area contributed by atoms with Crippen LogP contribution in [0.5, 0.6) is 0 Å². The first-order valence-corrected chi connectivity index (χ1v) is 6.72. The number of nitrogens with zero attached hydrogens (tertiary/aromatic N) is 1. The summed E-state index contributed by atoms with van der Waals surface area (Å²) in [6.07, 6.45) is 0.755. The Kier molecular flexibility index (Phi) is 4.13. The van der Waals surface area contributed by atoms with Crippen LogP contribution in [0.2, 0.25) is 0 Å². The zero-order valence-electron chi connectivity index (χ0n) is 8.00. The summed E-state index contributed by atoms with van der Waals surface area (Å²) in [5.74, 6) is 0. The molecule has 2 rings (SSSR count). The number of thiophene rings is 1. The zero-order chi connectivity index (χ0) is 10.2. The summed E-state index contributed by atoms with van der Waals surface area (Å²) < 4.78 is 25.7. The van der Waals surface area contributed by atoms with Gasteiger partial charge in [0.25, 0.3) is 10.0 Å². The third-order valence-electron chi connectivity index (χ3n) is 2.28. The molecule has 1 aromatic rings. The van der Waals surface area contributed by atoms with Gasteiger partial charge in [-0.3, -0.25) is 0 Å². The molecule has 15 heavy (non-hydrogen) atoms. The molecule has 0 saturated carbocycles. The smallest absolute Gasteiger partial charge is 0.252 e. The standard InChI is InChI=1S/C8H12N2O2S2.ClH/c9-7-3-4-10(6-7)14(11,12)8-2-1-5-13-8;/h1-2,5,7H,3-4,6,9H2;1H/t7-;/m0./s1. The lowest BCUT2D eigenvalue weighted by Crippen LogP contribution is -2.31. The van der Waals surface area contributed by atoms with Crippen molar-refractivity contribution in [3.8, 4) is 0 Å². The van der Waals surface area contributed by atoms with Crippen molar-refractivity contribution in [2.75, 3.05) is 13.1 Å². The molecule has 1 fully saturated rings. The van der Waals surface area contributed by atoms with Gasteiger partial charge in [0.05, 0.1) is 0 Å². The Labute approximate surface area is 99.5 Å². The minimum atomic E-state index is -3.26. The maximum absolute atomic E-state index is 11.9. The molecule has 0 unspecified atom stereocenters. The molecular formula is C8H13ClN2O2S2. The molecule has 7 heteroatoms. The molecule has 1 aliphatic rings. The number of nitrogens with two attached hydrogens (primary N) is 1. The minimum Gasteiger partial charge on any atom is -0.326 e. The van der Waals surface area contributed by atoms with Crippen LogP contribution in [0, 0.1) is 0 Å². The van der Waals surface area contributed by atoms with Gasteiger partial charge in [0.2, 0.25) is 0 Å². The predicted molar refractivity (Wildman–Crippen MR) is 62.9 cm³/mol. The van der Waals surface area contributed by atoms with E-state index in [2.05, 4.69) is 0 Å². The van der Waals surface area contributed by atoms with E-state index in [0.29, 0.717) is 17.3 Å². The van der Waals surface area contributed by atoms with Crippen LogP contribution < -0.4 is 5.73 Å². The molecular weight excluding hydrogens is 256 g/mol. The fourth-order valence-electron chi connectivity index (χ4n) is 1.51. The van der Waals surface area contributed by atoms with Crippen LogP contribution in [0.1, 0.15) is 6.42 Å². The van der Waals surface area contributed by atoms with Crippen LogP contribution in [0.3, 0.4) is 0 Å². The predicted octanol–water partition coefficient (Wildman–Crippen LogP) is 0.892. The Balaban J connectivity index is 0.00000112. The summed E-state index contributed by atoms with van der Waals surface area (Å²) in [5.41, 5.74) is 5.67. The van der Waals surface area contributed by atoms with E-state index in [4.69, 9.17) is 5.73 Å². The van der Waals surface area contributed by atoms with E-state index >= 15 is 0 Å². The topological polar surface area (TPSA) is 63.4 Å². The summed E-state index contributed by atoms with van der Waals surface area (Å²) in [6, 6.07) is 3.36. The second kappa shape index (κ2) is 4.80. The number of hydrogen-bond donors (Lipinski definition) is 1. The quantitative estimate of drug-likeness (QED) is 0.867. The van der Waals surface area contributed by atoms with Gasteiger partial charge in [-0.25, -0.2) is 8.42 Å². The lowest BCUT2D eigenvalue weighted by Gasteiger charge is -2.13. The number of halogens is 1. The van der Waals surface area contributed by atoms with E-state index in [0.717, 1.165) is 6.42 Å². The van der Waals surface area contributed by atoms with Gasteiger partial charge >= 0.3 is 0 Å². The van der Waals surface area contributed by atoms with Gasteiger partial charge < -0.3 is 5.73 Å². The van der Waals surface area contributed by atoms with Gasteiger partial charge in [0, 0.05) is 19.1 Å². The van der Waals surface area contributed by atoms with Crippen molar-refractivity contribution in [3.63, 3.8) is 0 Å². The molecule has 1 atom stereocenters. The molecule has 2 heterocycles. The van der Waals surface area contributed by atoms with E-state index in [-0.39, 0.29) is 18.4 Å². The first-order valence-electron chi connectivity index (χ1n) is 4.40. The summed E-state index contributed by atoms with van der Waals surface area (Å²) in [5, 5.41) is 1.77. The van der Waals surface area contributed by atoms with Crippen LogP contribution in [0.25, 0.3) is 0 Å². The Morgan fingerprint density at radius 2 is 2.27 bits per heavy atom. The maximum Gasteiger partial charge on any atom is 0.252 e. The molecule has 1 aromatic heterocycles. The van der Waals surface area contributed by atoms with Crippen molar-refractivity contribution in [2.45, 2.75) is 16.7 Å². The first kappa shape index (κ1) is 12.9. The minimum absolute atomic E-state index is 0. The highest BCUT2D eigenvalue weighted by Gasteiger charge is 2.31. The van der Waals surface area contributed by atoms with Crippen molar-refractivity contribution < 1.29 is 8.42 Å². The third kappa shape index (κ3) is 2.51. The van der Waals surface area contributed by atoms with Crippen LogP contribution >= 0.6 is 23.7 Å². The van der Waals surface area contributed by atoms with Crippen molar-refractivity contribution >= 4 is 33.8 Å². The van der Waals surface area contributed by atoms with E-state index < -0.39 is 10.0 Å². The van der Waals surface area contributed by atoms with Crippen molar-refractivity contribution in [3.05, 3.63) is 17.5 Å². The van der Waals surface area contributed by atoms with E-state index in [1.54, 1.807) is 17.5 Å². The lowest BCUT2D eigenvalue weighted by atomic mass is 10.3. The SMILES string of the molecule is Cl.N[C@H]1CCN(S(=O)(=O)c2cccs2)C1. The second-order valence-electron chi connectivity index (χ2n) is 3.34. The summed E-state index contributed by atoms with van der Waals surface area (Å²) in [4.78, 5) is 0. The van der Waals surface area contributed by atoms with Crippen LogP contribution in [-0.4, -0.2) is 31.9 Å². The zero-order valence-corrected chi connectivity index (χ0v) is 10.4. The summed E-state index contributed by atoms with van der Waals surface area (Å²) in [6.45, 7) is 0.988. The second-order valence-corrected chi connectivity index (χ2v) is 6.46. The average Bonchev–Trinajstić information content (AvgIpc) is 2.72. The molecule has 2 N–H and O–H groups in total. The molecule has 86 valence electrons. The normalized spacial score (nSPS) is 22.6.